The van der Waals surface area contributed by atoms with E-state index in [1.54, 1.807) is 6.08 Å². The molecule has 2 heteroatoms. The molecule has 1 atom stereocenters. The molecule has 0 aliphatic rings. The number of halogens is 1. The Kier molecular flexibility index (Phi) is 4.69. The second-order valence-corrected chi connectivity index (χ2v) is 5.34. The van der Waals surface area contributed by atoms with Crippen molar-refractivity contribution in [2.75, 3.05) is 0 Å². The Hall–Kier alpha value is -1.67. The quantitative estimate of drug-likeness (QED) is 0.738. The summed E-state index contributed by atoms with van der Waals surface area (Å²) >= 11 is 3.39. The van der Waals surface area contributed by atoms with Crippen LogP contribution in [0.15, 0.2) is 65.1 Å². The van der Waals surface area contributed by atoms with Crippen LogP contribution in [0.2, 0.25) is 0 Å². The number of ketones is 1. The molecule has 1 unspecified atom stereocenters. The molecule has 0 aliphatic heterocycles. The summed E-state index contributed by atoms with van der Waals surface area (Å²) in [6.07, 6.45) is 3.51. The van der Waals surface area contributed by atoms with Crippen LogP contribution in [-0.2, 0) is 4.79 Å². The summed E-state index contributed by atoms with van der Waals surface area (Å²) in [6, 6.07) is 17.7. The normalized spacial score (nSPS) is 12.5. The first kappa shape index (κ1) is 13.8. The number of hydrogen-bond donors (Lipinski definition) is 0. The smallest absolute Gasteiger partial charge is 0.162 e. The standard InChI is InChI=1S/C17H15BrO/c1-13(15-8-10-16(18)11-9-15)17(19)12-7-14-5-3-2-4-6-14/h2-13H,1H3/b12-7+. The summed E-state index contributed by atoms with van der Waals surface area (Å²) < 4.78 is 1.02. The zero-order valence-electron chi connectivity index (χ0n) is 10.7. The van der Waals surface area contributed by atoms with Gasteiger partial charge in [-0.1, -0.05) is 71.4 Å². The van der Waals surface area contributed by atoms with E-state index in [9.17, 15) is 4.79 Å². The Labute approximate surface area is 122 Å². The van der Waals surface area contributed by atoms with Gasteiger partial charge in [-0.25, -0.2) is 0 Å². The molecular weight excluding hydrogens is 300 g/mol. The van der Waals surface area contributed by atoms with Gasteiger partial charge >= 0.3 is 0 Å². The van der Waals surface area contributed by atoms with Crippen molar-refractivity contribution in [1.82, 2.24) is 0 Å². The lowest BCUT2D eigenvalue weighted by Gasteiger charge is -2.08. The Bertz CT molecular complexity index is 570. The van der Waals surface area contributed by atoms with Crippen molar-refractivity contribution in [2.24, 2.45) is 0 Å². The van der Waals surface area contributed by atoms with E-state index in [-0.39, 0.29) is 11.7 Å². The fraction of sp³-hybridized carbons (Fsp3) is 0.118. The highest BCUT2D eigenvalue weighted by atomic mass is 79.9. The summed E-state index contributed by atoms with van der Waals surface area (Å²) in [6.45, 7) is 1.93. The van der Waals surface area contributed by atoms with Crippen molar-refractivity contribution in [3.05, 3.63) is 76.3 Å². The van der Waals surface area contributed by atoms with E-state index >= 15 is 0 Å². The largest absolute Gasteiger partial charge is 0.294 e. The van der Waals surface area contributed by atoms with Gasteiger partial charge in [0.25, 0.3) is 0 Å². The van der Waals surface area contributed by atoms with Gasteiger partial charge in [0, 0.05) is 10.4 Å². The zero-order chi connectivity index (χ0) is 13.7. The molecule has 1 nitrogen and oxygen atoms in total. The van der Waals surface area contributed by atoms with E-state index in [2.05, 4.69) is 15.9 Å². The molecule has 96 valence electrons. The van der Waals surface area contributed by atoms with Gasteiger partial charge in [0.15, 0.2) is 5.78 Å². The second-order valence-electron chi connectivity index (χ2n) is 4.42. The summed E-state index contributed by atoms with van der Waals surface area (Å²) in [5, 5.41) is 0. The molecule has 0 spiro atoms. The molecule has 0 saturated carbocycles. The highest BCUT2D eigenvalue weighted by Gasteiger charge is 2.11. The maximum absolute atomic E-state index is 12.1. The van der Waals surface area contributed by atoms with Crippen LogP contribution in [0.4, 0.5) is 0 Å². The van der Waals surface area contributed by atoms with E-state index in [0.717, 1.165) is 15.6 Å². The maximum atomic E-state index is 12.1. The van der Waals surface area contributed by atoms with Crippen LogP contribution in [0.25, 0.3) is 6.08 Å². The van der Waals surface area contributed by atoms with E-state index in [1.807, 2.05) is 67.6 Å². The molecule has 0 amide bonds. The minimum absolute atomic E-state index is 0.117. The van der Waals surface area contributed by atoms with Gasteiger partial charge < -0.3 is 0 Å². The molecule has 0 heterocycles. The zero-order valence-corrected chi connectivity index (χ0v) is 12.3. The number of benzene rings is 2. The first-order chi connectivity index (χ1) is 9.16. The van der Waals surface area contributed by atoms with Crippen molar-refractivity contribution in [3.63, 3.8) is 0 Å². The van der Waals surface area contributed by atoms with Crippen molar-refractivity contribution in [3.8, 4) is 0 Å². The topological polar surface area (TPSA) is 17.1 Å². The molecular formula is C17H15BrO. The van der Waals surface area contributed by atoms with Crippen LogP contribution in [0.5, 0.6) is 0 Å². The Morgan fingerprint density at radius 3 is 2.32 bits per heavy atom. The number of carbonyl (C=O) groups is 1. The van der Waals surface area contributed by atoms with Gasteiger partial charge in [-0.05, 0) is 29.3 Å². The Balaban J connectivity index is 2.07. The molecule has 0 aromatic heterocycles. The molecule has 0 aliphatic carbocycles. The average Bonchev–Trinajstić information content (AvgIpc) is 2.46. The van der Waals surface area contributed by atoms with Crippen LogP contribution < -0.4 is 0 Å². The third kappa shape index (κ3) is 3.90. The molecule has 2 aromatic rings. The third-order valence-corrected chi connectivity index (χ3v) is 3.57. The van der Waals surface area contributed by atoms with Gasteiger partial charge in [0.05, 0.1) is 0 Å². The van der Waals surface area contributed by atoms with Crippen molar-refractivity contribution < 1.29 is 4.79 Å². The summed E-state index contributed by atoms with van der Waals surface area (Å²) in [4.78, 5) is 12.1. The van der Waals surface area contributed by atoms with E-state index in [0.29, 0.717) is 0 Å². The number of allylic oxidation sites excluding steroid dienone is 1. The summed E-state index contributed by atoms with van der Waals surface area (Å²) in [5.41, 5.74) is 2.07. The van der Waals surface area contributed by atoms with Gasteiger partial charge in [-0.15, -0.1) is 0 Å². The second kappa shape index (κ2) is 6.48. The van der Waals surface area contributed by atoms with Crippen molar-refractivity contribution in [1.29, 1.82) is 0 Å². The minimum Gasteiger partial charge on any atom is -0.294 e. The molecule has 0 fully saturated rings. The third-order valence-electron chi connectivity index (χ3n) is 3.04. The molecule has 0 bridgehead atoms. The molecule has 0 N–H and O–H groups in total. The molecule has 2 rings (SSSR count). The van der Waals surface area contributed by atoms with Gasteiger partial charge in [0.1, 0.15) is 0 Å². The van der Waals surface area contributed by atoms with Crippen molar-refractivity contribution in [2.45, 2.75) is 12.8 Å². The van der Waals surface area contributed by atoms with Crippen LogP contribution in [0.3, 0.4) is 0 Å². The summed E-state index contributed by atoms with van der Waals surface area (Å²) in [7, 11) is 0. The fourth-order valence-electron chi connectivity index (χ4n) is 1.80. The highest BCUT2D eigenvalue weighted by Crippen LogP contribution is 2.20. The first-order valence-electron chi connectivity index (χ1n) is 6.19. The first-order valence-corrected chi connectivity index (χ1v) is 6.98. The fourth-order valence-corrected chi connectivity index (χ4v) is 2.07. The predicted molar refractivity (Wildman–Crippen MR) is 83.0 cm³/mol. The van der Waals surface area contributed by atoms with Crippen molar-refractivity contribution >= 4 is 27.8 Å². The maximum Gasteiger partial charge on any atom is 0.162 e. The van der Waals surface area contributed by atoms with E-state index < -0.39 is 0 Å². The number of carbonyl (C=O) groups excluding carboxylic acids is 1. The lowest BCUT2D eigenvalue weighted by molar-refractivity contribution is -0.115. The lowest BCUT2D eigenvalue weighted by Crippen LogP contribution is -2.05. The number of hydrogen-bond acceptors (Lipinski definition) is 1. The molecule has 0 radical (unpaired) electrons. The monoisotopic (exact) mass is 314 g/mol. The minimum atomic E-state index is -0.118. The molecule has 19 heavy (non-hydrogen) atoms. The van der Waals surface area contributed by atoms with Crippen LogP contribution in [0.1, 0.15) is 24.0 Å². The van der Waals surface area contributed by atoms with Gasteiger partial charge in [-0.2, -0.15) is 0 Å². The van der Waals surface area contributed by atoms with Crippen LogP contribution in [-0.4, -0.2) is 5.78 Å². The SMILES string of the molecule is CC(C(=O)/C=C/c1ccccc1)c1ccc(Br)cc1. The Morgan fingerprint density at radius 1 is 1.05 bits per heavy atom. The highest BCUT2D eigenvalue weighted by molar-refractivity contribution is 9.10. The predicted octanol–water partition coefficient (Wildman–Crippen LogP) is 4.84. The van der Waals surface area contributed by atoms with Gasteiger partial charge in [-0.3, -0.25) is 4.79 Å². The molecule has 0 saturated heterocycles. The molecule has 2 aromatic carbocycles. The Morgan fingerprint density at radius 2 is 1.68 bits per heavy atom. The van der Waals surface area contributed by atoms with Gasteiger partial charge in [0.2, 0.25) is 0 Å². The number of rotatable bonds is 4. The van der Waals surface area contributed by atoms with Crippen LogP contribution in [0, 0.1) is 0 Å². The van der Waals surface area contributed by atoms with Crippen LogP contribution >= 0.6 is 15.9 Å². The lowest BCUT2D eigenvalue weighted by atomic mass is 9.96. The van der Waals surface area contributed by atoms with E-state index in [1.165, 1.54) is 0 Å². The average molecular weight is 315 g/mol. The summed E-state index contributed by atoms with van der Waals surface area (Å²) in [5.74, 6) is -0.000706. The van der Waals surface area contributed by atoms with E-state index in [4.69, 9.17) is 0 Å².